The van der Waals surface area contributed by atoms with Gasteiger partial charge in [-0.15, -0.1) is 0 Å². The van der Waals surface area contributed by atoms with E-state index in [2.05, 4.69) is 40.2 Å². The number of likely N-dealkylation sites (tertiary alicyclic amines) is 1. The van der Waals surface area contributed by atoms with E-state index in [1.54, 1.807) is 7.11 Å². The second-order valence-electron chi connectivity index (χ2n) is 9.25. The van der Waals surface area contributed by atoms with E-state index in [0.29, 0.717) is 11.6 Å². The van der Waals surface area contributed by atoms with Gasteiger partial charge in [-0.2, -0.15) is 5.10 Å². The molecule has 2 aromatic carbocycles. The highest BCUT2D eigenvalue weighted by atomic mass is 16.5. The van der Waals surface area contributed by atoms with Gasteiger partial charge >= 0.3 is 5.97 Å². The number of piperidine rings is 1. The van der Waals surface area contributed by atoms with E-state index in [-0.39, 0.29) is 5.97 Å². The largest absolute Gasteiger partial charge is 0.496 e. The molecule has 2 aliphatic rings. The predicted octanol–water partition coefficient (Wildman–Crippen LogP) is 5.03. The average molecular weight is 434 g/mol. The Balaban J connectivity index is 1.48. The van der Waals surface area contributed by atoms with Crippen LogP contribution in [0.1, 0.15) is 58.8 Å². The molecule has 1 aliphatic carbocycles. The van der Waals surface area contributed by atoms with Crippen LogP contribution in [0.4, 0.5) is 0 Å². The maximum atomic E-state index is 11.9. The summed E-state index contributed by atoms with van der Waals surface area (Å²) >= 11 is 0. The number of methoxy groups -OCH3 is 2. The van der Waals surface area contributed by atoms with Gasteiger partial charge in [0.15, 0.2) is 0 Å². The standard InChI is InChI=1S/C26H31N3O3/c1-16-12-24(31-2)22(21-14-27-28-25(16)21)15-29-11-10-20(17-4-5-17)13-23(29)18-6-8-19(9-7-18)26(30)32-3/h6-9,12,14,17,20,23H,4-5,10-11,13,15H2,1-3H3,(H,27,28)/t20-,23+/m1/s1. The van der Waals surface area contributed by atoms with Gasteiger partial charge in [0.2, 0.25) is 0 Å². The minimum absolute atomic E-state index is 0.292. The third kappa shape index (κ3) is 3.88. The zero-order chi connectivity index (χ0) is 22.2. The van der Waals surface area contributed by atoms with Crippen molar-refractivity contribution in [1.82, 2.24) is 15.1 Å². The van der Waals surface area contributed by atoms with E-state index in [1.807, 2.05) is 18.3 Å². The normalized spacial score (nSPS) is 21.6. The molecule has 32 heavy (non-hydrogen) atoms. The molecule has 0 amide bonds. The number of carbonyl (C=O) groups is 1. The van der Waals surface area contributed by atoms with Crippen molar-refractivity contribution < 1.29 is 14.3 Å². The van der Waals surface area contributed by atoms with E-state index < -0.39 is 0 Å². The molecule has 2 heterocycles. The Kier molecular flexibility index (Phi) is 5.64. The summed E-state index contributed by atoms with van der Waals surface area (Å²) in [5.41, 5.74) is 5.26. The zero-order valence-corrected chi connectivity index (χ0v) is 19.1. The van der Waals surface area contributed by atoms with Gasteiger partial charge in [0, 0.05) is 23.5 Å². The number of aromatic nitrogens is 2. The predicted molar refractivity (Wildman–Crippen MR) is 124 cm³/mol. The first kappa shape index (κ1) is 21.0. The quantitative estimate of drug-likeness (QED) is 0.552. The van der Waals surface area contributed by atoms with Crippen LogP contribution < -0.4 is 4.74 Å². The number of carbonyl (C=O) groups excluding carboxylic acids is 1. The second kappa shape index (κ2) is 8.58. The van der Waals surface area contributed by atoms with Crippen molar-refractivity contribution >= 4 is 16.9 Å². The topological polar surface area (TPSA) is 67.4 Å². The molecule has 0 radical (unpaired) electrons. The first-order valence-electron chi connectivity index (χ1n) is 11.5. The molecule has 1 N–H and O–H groups in total. The van der Waals surface area contributed by atoms with Gasteiger partial charge in [0.25, 0.3) is 0 Å². The molecule has 1 saturated carbocycles. The fraction of sp³-hybridized carbons (Fsp3) is 0.462. The number of ether oxygens (including phenoxy) is 2. The van der Waals surface area contributed by atoms with Gasteiger partial charge in [-0.3, -0.25) is 10.00 Å². The number of nitrogens with zero attached hydrogens (tertiary/aromatic N) is 2. The van der Waals surface area contributed by atoms with Gasteiger partial charge < -0.3 is 9.47 Å². The molecule has 1 aromatic heterocycles. The van der Waals surface area contributed by atoms with Crippen molar-refractivity contribution in [2.75, 3.05) is 20.8 Å². The molecule has 168 valence electrons. The number of hydrogen-bond acceptors (Lipinski definition) is 5. The Morgan fingerprint density at radius 2 is 1.94 bits per heavy atom. The molecule has 6 heteroatoms. The minimum atomic E-state index is -0.292. The highest BCUT2D eigenvalue weighted by molar-refractivity contribution is 5.89. The Hall–Kier alpha value is -2.86. The summed E-state index contributed by atoms with van der Waals surface area (Å²) in [4.78, 5) is 14.5. The SMILES string of the molecule is COC(=O)c1ccc([C@@H]2C[C@H](C3CC3)CCN2Cc2c(OC)cc(C)c3[nH]ncc23)cc1. The van der Waals surface area contributed by atoms with Crippen LogP contribution in [0.2, 0.25) is 0 Å². The summed E-state index contributed by atoms with van der Waals surface area (Å²) in [5, 5.41) is 8.58. The Bertz CT molecular complexity index is 1120. The van der Waals surface area contributed by atoms with Crippen molar-refractivity contribution in [1.29, 1.82) is 0 Å². The molecule has 1 aliphatic heterocycles. The minimum Gasteiger partial charge on any atom is -0.496 e. The number of esters is 1. The van der Waals surface area contributed by atoms with Gasteiger partial charge in [0.05, 0.1) is 31.5 Å². The Labute approximate surface area is 188 Å². The molecular weight excluding hydrogens is 402 g/mol. The molecule has 5 rings (SSSR count). The number of aryl methyl sites for hydroxylation is 1. The molecule has 3 aromatic rings. The molecule has 0 bridgehead atoms. The van der Waals surface area contributed by atoms with Crippen LogP contribution >= 0.6 is 0 Å². The fourth-order valence-electron chi connectivity index (χ4n) is 5.38. The summed E-state index contributed by atoms with van der Waals surface area (Å²) in [7, 11) is 3.16. The smallest absolute Gasteiger partial charge is 0.337 e. The monoisotopic (exact) mass is 433 g/mol. The van der Waals surface area contributed by atoms with E-state index >= 15 is 0 Å². The maximum absolute atomic E-state index is 11.9. The van der Waals surface area contributed by atoms with Crippen molar-refractivity contribution in [3.8, 4) is 5.75 Å². The number of H-pyrrole nitrogens is 1. The Morgan fingerprint density at radius 3 is 2.62 bits per heavy atom. The molecule has 6 nitrogen and oxygen atoms in total. The van der Waals surface area contributed by atoms with E-state index in [1.165, 1.54) is 37.5 Å². The highest BCUT2D eigenvalue weighted by Crippen LogP contribution is 2.47. The number of nitrogens with one attached hydrogen (secondary N) is 1. The van der Waals surface area contributed by atoms with Crippen LogP contribution in [-0.4, -0.2) is 41.8 Å². The zero-order valence-electron chi connectivity index (χ0n) is 19.1. The lowest BCUT2D eigenvalue weighted by molar-refractivity contribution is 0.0600. The van der Waals surface area contributed by atoms with Gasteiger partial charge in [0.1, 0.15) is 5.75 Å². The fourth-order valence-corrected chi connectivity index (χ4v) is 5.38. The van der Waals surface area contributed by atoms with Crippen LogP contribution in [0.25, 0.3) is 10.9 Å². The van der Waals surface area contributed by atoms with Gasteiger partial charge in [-0.05, 0) is 80.3 Å². The van der Waals surface area contributed by atoms with E-state index in [9.17, 15) is 4.79 Å². The first-order valence-corrected chi connectivity index (χ1v) is 11.5. The third-order valence-electron chi connectivity index (χ3n) is 7.34. The van der Waals surface area contributed by atoms with Crippen LogP contribution in [0, 0.1) is 18.8 Å². The van der Waals surface area contributed by atoms with E-state index in [4.69, 9.17) is 9.47 Å². The van der Waals surface area contributed by atoms with Crippen LogP contribution in [0.3, 0.4) is 0 Å². The number of hydrogen-bond donors (Lipinski definition) is 1. The number of aromatic amines is 1. The molecule has 2 fully saturated rings. The van der Waals surface area contributed by atoms with Crippen LogP contribution in [0.15, 0.2) is 36.5 Å². The first-order chi connectivity index (χ1) is 15.6. The number of fused-ring (bicyclic) bond motifs is 1. The second-order valence-corrected chi connectivity index (χ2v) is 9.25. The molecule has 1 saturated heterocycles. The average Bonchev–Trinajstić information content (AvgIpc) is 3.56. The summed E-state index contributed by atoms with van der Waals surface area (Å²) in [5.74, 6) is 2.30. The molecule has 2 atom stereocenters. The lowest BCUT2D eigenvalue weighted by Crippen LogP contribution is -2.37. The molecule has 0 unspecified atom stereocenters. The summed E-state index contributed by atoms with van der Waals surface area (Å²) in [6, 6.07) is 10.4. The van der Waals surface area contributed by atoms with Gasteiger partial charge in [-0.1, -0.05) is 12.1 Å². The lowest BCUT2D eigenvalue weighted by Gasteiger charge is -2.40. The lowest BCUT2D eigenvalue weighted by atomic mass is 9.83. The van der Waals surface area contributed by atoms with Gasteiger partial charge in [-0.25, -0.2) is 4.79 Å². The number of rotatable bonds is 6. The number of benzene rings is 2. The van der Waals surface area contributed by atoms with E-state index in [0.717, 1.165) is 53.6 Å². The van der Waals surface area contributed by atoms with Crippen LogP contribution in [-0.2, 0) is 11.3 Å². The van der Waals surface area contributed by atoms with Crippen molar-refractivity contribution in [3.63, 3.8) is 0 Å². The van der Waals surface area contributed by atoms with Crippen molar-refractivity contribution in [3.05, 3.63) is 58.8 Å². The maximum Gasteiger partial charge on any atom is 0.337 e. The van der Waals surface area contributed by atoms with Crippen molar-refractivity contribution in [2.24, 2.45) is 11.8 Å². The highest BCUT2D eigenvalue weighted by Gasteiger charge is 2.38. The summed E-state index contributed by atoms with van der Waals surface area (Å²) in [6.45, 7) is 3.95. The summed E-state index contributed by atoms with van der Waals surface area (Å²) in [6.07, 6.45) is 7.06. The third-order valence-corrected chi connectivity index (χ3v) is 7.34. The Morgan fingerprint density at radius 1 is 1.16 bits per heavy atom. The van der Waals surface area contributed by atoms with Crippen LogP contribution in [0.5, 0.6) is 5.75 Å². The molecule has 0 spiro atoms. The van der Waals surface area contributed by atoms with Crippen molar-refractivity contribution in [2.45, 2.75) is 45.2 Å². The molecular formula is C26H31N3O3. The summed E-state index contributed by atoms with van der Waals surface area (Å²) < 4.78 is 10.7.